The lowest BCUT2D eigenvalue weighted by Crippen LogP contribution is -2.35. The Hall–Kier alpha value is -0.970. The fourth-order valence-corrected chi connectivity index (χ4v) is 2.61. The molecule has 1 saturated heterocycles. The quantitative estimate of drug-likeness (QED) is 0.865. The second kappa shape index (κ2) is 4.96. The maximum atomic E-state index is 5.38. The van der Waals surface area contributed by atoms with E-state index in [2.05, 4.69) is 27.3 Å². The summed E-state index contributed by atoms with van der Waals surface area (Å²) in [4.78, 5) is 6.98. The van der Waals surface area contributed by atoms with Gasteiger partial charge in [0.25, 0.3) is 0 Å². The van der Waals surface area contributed by atoms with Crippen molar-refractivity contribution in [2.24, 2.45) is 0 Å². The highest BCUT2D eigenvalue weighted by atomic mass is 16.5. The van der Waals surface area contributed by atoms with E-state index < -0.39 is 0 Å². The van der Waals surface area contributed by atoms with E-state index in [1.165, 1.54) is 24.1 Å². The molecular formula is C14H21N3O. The first kappa shape index (κ1) is 12.1. The third kappa shape index (κ3) is 2.41. The van der Waals surface area contributed by atoms with Crippen LogP contribution in [0, 0.1) is 0 Å². The van der Waals surface area contributed by atoms with Crippen LogP contribution < -0.4 is 5.32 Å². The van der Waals surface area contributed by atoms with Crippen molar-refractivity contribution in [2.75, 3.05) is 33.4 Å². The topological polar surface area (TPSA) is 37.4 Å². The summed E-state index contributed by atoms with van der Waals surface area (Å²) < 4.78 is 5.38. The first-order valence-corrected chi connectivity index (χ1v) is 6.77. The van der Waals surface area contributed by atoms with Crippen molar-refractivity contribution in [1.82, 2.24) is 15.2 Å². The van der Waals surface area contributed by atoms with E-state index in [1.54, 1.807) is 0 Å². The molecule has 2 aliphatic rings. The van der Waals surface area contributed by atoms with Gasteiger partial charge < -0.3 is 10.1 Å². The van der Waals surface area contributed by atoms with E-state index in [9.17, 15) is 0 Å². The van der Waals surface area contributed by atoms with Crippen molar-refractivity contribution in [3.8, 4) is 0 Å². The predicted octanol–water partition coefficient (Wildman–Crippen LogP) is 1.12. The Morgan fingerprint density at radius 1 is 1.39 bits per heavy atom. The van der Waals surface area contributed by atoms with Crippen molar-refractivity contribution in [3.63, 3.8) is 0 Å². The maximum absolute atomic E-state index is 5.38. The summed E-state index contributed by atoms with van der Waals surface area (Å²) in [5.41, 5.74) is 2.74. The normalized spacial score (nSPS) is 22.9. The number of morpholine rings is 1. The molecule has 0 amide bonds. The van der Waals surface area contributed by atoms with Crippen LogP contribution in [0.25, 0.3) is 0 Å². The summed E-state index contributed by atoms with van der Waals surface area (Å²) >= 11 is 0. The molecule has 1 saturated carbocycles. The van der Waals surface area contributed by atoms with E-state index >= 15 is 0 Å². The molecule has 0 atom stereocenters. The van der Waals surface area contributed by atoms with E-state index in [-0.39, 0.29) is 5.54 Å². The zero-order valence-corrected chi connectivity index (χ0v) is 11.0. The SMILES string of the molecule is CNC1(c2cc(CN3CCOCC3)ccn2)CC1. The molecule has 4 nitrogen and oxygen atoms in total. The number of aromatic nitrogens is 1. The van der Waals surface area contributed by atoms with Gasteiger partial charge >= 0.3 is 0 Å². The number of nitrogens with zero attached hydrogens (tertiary/aromatic N) is 2. The predicted molar refractivity (Wildman–Crippen MR) is 70.3 cm³/mol. The molecule has 1 aliphatic carbocycles. The van der Waals surface area contributed by atoms with Crippen molar-refractivity contribution < 1.29 is 4.74 Å². The molecule has 0 aromatic carbocycles. The van der Waals surface area contributed by atoms with Crippen LogP contribution >= 0.6 is 0 Å². The molecule has 1 N–H and O–H groups in total. The van der Waals surface area contributed by atoms with Crippen LogP contribution in [0.2, 0.25) is 0 Å². The summed E-state index contributed by atoms with van der Waals surface area (Å²) in [5, 5.41) is 3.40. The van der Waals surface area contributed by atoms with Crippen LogP contribution in [-0.4, -0.2) is 43.2 Å². The van der Waals surface area contributed by atoms with Gasteiger partial charge in [-0.1, -0.05) is 0 Å². The molecule has 0 bridgehead atoms. The molecule has 0 unspecified atom stereocenters. The van der Waals surface area contributed by atoms with Crippen molar-refractivity contribution in [1.29, 1.82) is 0 Å². The van der Waals surface area contributed by atoms with E-state index in [4.69, 9.17) is 4.74 Å². The molecule has 98 valence electrons. The Bertz CT molecular complexity index is 411. The molecule has 1 aromatic heterocycles. The number of ether oxygens (including phenoxy) is 1. The second-order valence-corrected chi connectivity index (χ2v) is 5.27. The highest BCUT2D eigenvalue weighted by molar-refractivity contribution is 5.27. The van der Waals surface area contributed by atoms with Gasteiger partial charge in [-0.25, -0.2) is 0 Å². The molecule has 18 heavy (non-hydrogen) atoms. The van der Waals surface area contributed by atoms with E-state index in [1.807, 2.05) is 13.2 Å². The van der Waals surface area contributed by atoms with Crippen LogP contribution in [-0.2, 0) is 16.8 Å². The Morgan fingerprint density at radius 3 is 2.83 bits per heavy atom. The lowest BCUT2D eigenvalue weighted by Gasteiger charge is -2.26. The number of nitrogens with one attached hydrogen (secondary N) is 1. The molecule has 4 heteroatoms. The zero-order valence-electron chi connectivity index (χ0n) is 11.0. The van der Waals surface area contributed by atoms with Crippen LogP contribution in [0.1, 0.15) is 24.1 Å². The molecular weight excluding hydrogens is 226 g/mol. The fourth-order valence-electron chi connectivity index (χ4n) is 2.61. The van der Waals surface area contributed by atoms with Gasteiger partial charge in [0.15, 0.2) is 0 Å². The van der Waals surface area contributed by atoms with Crippen LogP contribution in [0.15, 0.2) is 18.3 Å². The molecule has 1 aromatic rings. The maximum Gasteiger partial charge on any atom is 0.0608 e. The average molecular weight is 247 g/mol. The molecule has 0 spiro atoms. The monoisotopic (exact) mass is 247 g/mol. The molecule has 0 radical (unpaired) electrons. The Balaban J connectivity index is 1.70. The number of rotatable bonds is 4. The van der Waals surface area contributed by atoms with Gasteiger partial charge in [-0.05, 0) is 37.6 Å². The minimum atomic E-state index is 0.168. The van der Waals surface area contributed by atoms with Gasteiger partial charge in [-0.15, -0.1) is 0 Å². The van der Waals surface area contributed by atoms with Crippen molar-refractivity contribution in [2.45, 2.75) is 24.9 Å². The summed E-state index contributed by atoms with van der Waals surface area (Å²) in [6.45, 7) is 4.80. The highest BCUT2D eigenvalue weighted by Gasteiger charge is 2.44. The van der Waals surface area contributed by atoms with Gasteiger partial charge in [-0.3, -0.25) is 9.88 Å². The molecule has 3 rings (SSSR count). The fraction of sp³-hybridized carbons (Fsp3) is 0.643. The van der Waals surface area contributed by atoms with Crippen LogP contribution in [0.3, 0.4) is 0 Å². The summed E-state index contributed by atoms with van der Waals surface area (Å²) in [6.07, 6.45) is 4.36. The van der Waals surface area contributed by atoms with Crippen LogP contribution in [0.4, 0.5) is 0 Å². The van der Waals surface area contributed by atoms with Gasteiger partial charge in [0.1, 0.15) is 0 Å². The highest BCUT2D eigenvalue weighted by Crippen LogP contribution is 2.44. The third-order valence-corrected chi connectivity index (χ3v) is 4.05. The minimum absolute atomic E-state index is 0.168. The lowest BCUT2D eigenvalue weighted by atomic mass is 10.1. The average Bonchev–Trinajstić information content (AvgIpc) is 3.21. The summed E-state index contributed by atoms with van der Waals surface area (Å²) in [7, 11) is 2.03. The smallest absolute Gasteiger partial charge is 0.0608 e. The number of hydrogen-bond acceptors (Lipinski definition) is 4. The lowest BCUT2D eigenvalue weighted by molar-refractivity contribution is 0.0341. The zero-order chi connectivity index (χ0) is 12.4. The van der Waals surface area contributed by atoms with E-state index in [0.29, 0.717) is 0 Å². The van der Waals surface area contributed by atoms with Gasteiger partial charge in [0.2, 0.25) is 0 Å². The first-order chi connectivity index (χ1) is 8.82. The molecule has 1 aliphatic heterocycles. The largest absolute Gasteiger partial charge is 0.379 e. The summed E-state index contributed by atoms with van der Waals surface area (Å²) in [6, 6.07) is 4.39. The Labute approximate surface area is 108 Å². The number of pyridine rings is 1. The standard InChI is InChI=1S/C14H21N3O/c1-15-14(3-4-14)13-10-12(2-5-16-13)11-17-6-8-18-9-7-17/h2,5,10,15H,3-4,6-9,11H2,1H3. The minimum Gasteiger partial charge on any atom is -0.379 e. The molecule has 2 fully saturated rings. The molecule has 2 heterocycles. The Morgan fingerprint density at radius 2 is 2.17 bits per heavy atom. The first-order valence-electron chi connectivity index (χ1n) is 6.77. The van der Waals surface area contributed by atoms with Crippen molar-refractivity contribution >= 4 is 0 Å². The van der Waals surface area contributed by atoms with Crippen molar-refractivity contribution in [3.05, 3.63) is 29.6 Å². The Kier molecular flexibility index (Phi) is 3.33. The van der Waals surface area contributed by atoms with Gasteiger partial charge in [-0.2, -0.15) is 0 Å². The number of hydrogen-bond donors (Lipinski definition) is 1. The third-order valence-electron chi connectivity index (χ3n) is 4.05. The second-order valence-electron chi connectivity index (χ2n) is 5.27. The van der Waals surface area contributed by atoms with Gasteiger partial charge in [0, 0.05) is 25.8 Å². The van der Waals surface area contributed by atoms with Crippen LogP contribution in [0.5, 0.6) is 0 Å². The summed E-state index contributed by atoms with van der Waals surface area (Å²) in [5.74, 6) is 0. The van der Waals surface area contributed by atoms with Gasteiger partial charge in [0.05, 0.1) is 24.4 Å². The van der Waals surface area contributed by atoms with E-state index in [0.717, 1.165) is 32.8 Å².